The van der Waals surface area contributed by atoms with Gasteiger partial charge in [0, 0.05) is 5.69 Å². The Morgan fingerprint density at radius 1 is 1.25 bits per heavy atom. The summed E-state index contributed by atoms with van der Waals surface area (Å²) < 4.78 is 6.38. The van der Waals surface area contributed by atoms with Gasteiger partial charge in [0.15, 0.2) is 3.77 Å². The third-order valence-electron chi connectivity index (χ3n) is 2.31. The van der Waals surface area contributed by atoms with Crippen LogP contribution in [0, 0.1) is 17.6 Å². The number of hydrogen-bond acceptors (Lipinski definition) is 3. The van der Waals surface area contributed by atoms with Crippen LogP contribution in [0.4, 0.5) is 5.69 Å². The molecule has 0 aliphatic rings. The average molecular weight is 328 g/mol. The van der Waals surface area contributed by atoms with Gasteiger partial charge in [-0.2, -0.15) is 0 Å². The minimum absolute atomic E-state index is 0.689. The van der Waals surface area contributed by atoms with Crippen molar-refractivity contribution in [2.75, 3.05) is 5.32 Å². The van der Waals surface area contributed by atoms with Crippen LogP contribution in [-0.2, 0) is 6.54 Å². The van der Waals surface area contributed by atoms with Crippen LogP contribution < -0.4 is 5.32 Å². The summed E-state index contributed by atoms with van der Waals surface area (Å²) in [5, 5.41) is 3.31. The molecule has 0 bridgehead atoms. The maximum Gasteiger partial charge on any atom is 0.164 e. The Morgan fingerprint density at radius 2 is 2.06 bits per heavy atom. The number of anilines is 1. The molecule has 0 radical (unpaired) electrons. The first-order valence-electron chi connectivity index (χ1n) is 5.07. The summed E-state index contributed by atoms with van der Waals surface area (Å²) in [5.41, 5.74) is 3.11. The van der Waals surface area contributed by atoms with Crippen LogP contribution >= 0.6 is 22.6 Å². The van der Waals surface area contributed by atoms with Gasteiger partial charge in [0.25, 0.3) is 0 Å². The van der Waals surface area contributed by atoms with Crippen LogP contribution in [0.15, 0.2) is 28.7 Å². The number of pyridine rings is 1. The summed E-state index contributed by atoms with van der Waals surface area (Å²) in [6.07, 6.45) is 0. The van der Waals surface area contributed by atoms with Crippen LogP contribution in [0.1, 0.15) is 17.1 Å². The van der Waals surface area contributed by atoms with E-state index in [1.807, 2.05) is 38.1 Å². The smallest absolute Gasteiger partial charge is 0.164 e. The Labute approximate surface area is 108 Å². The largest absolute Gasteiger partial charge is 0.454 e. The minimum Gasteiger partial charge on any atom is -0.454 e. The number of aryl methyl sites for hydroxylation is 2. The molecule has 2 rings (SSSR count). The van der Waals surface area contributed by atoms with Gasteiger partial charge < -0.3 is 9.73 Å². The van der Waals surface area contributed by atoms with Crippen LogP contribution in [0.25, 0.3) is 0 Å². The number of aromatic nitrogens is 1. The molecule has 0 saturated heterocycles. The van der Waals surface area contributed by atoms with Crippen LogP contribution in [0.5, 0.6) is 0 Å². The van der Waals surface area contributed by atoms with Gasteiger partial charge in [-0.3, -0.25) is 4.98 Å². The van der Waals surface area contributed by atoms with Gasteiger partial charge in [0.1, 0.15) is 5.76 Å². The molecule has 2 aromatic heterocycles. The van der Waals surface area contributed by atoms with E-state index in [0.29, 0.717) is 6.54 Å². The molecule has 4 heteroatoms. The van der Waals surface area contributed by atoms with E-state index in [9.17, 15) is 0 Å². The van der Waals surface area contributed by atoms with Gasteiger partial charge in [-0.25, -0.2) is 0 Å². The molecule has 0 aromatic carbocycles. The molecule has 0 aliphatic heterocycles. The molecule has 0 atom stereocenters. The molecule has 84 valence electrons. The summed E-state index contributed by atoms with van der Waals surface area (Å²) >= 11 is 2.16. The van der Waals surface area contributed by atoms with E-state index in [1.165, 1.54) is 0 Å². The third-order valence-corrected chi connectivity index (χ3v) is 2.89. The predicted octanol–water partition coefficient (Wildman–Crippen LogP) is 3.51. The van der Waals surface area contributed by atoms with Crippen molar-refractivity contribution in [1.29, 1.82) is 0 Å². The van der Waals surface area contributed by atoms with Gasteiger partial charge in [0.2, 0.25) is 0 Å². The first-order valence-corrected chi connectivity index (χ1v) is 6.15. The highest BCUT2D eigenvalue weighted by atomic mass is 127. The molecule has 2 heterocycles. The zero-order valence-corrected chi connectivity index (χ0v) is 11.4. The Morgan fingerprint density at radius 3 is 2.69 bits per heavy atom. The van der Waals surface area contributed by atoms with Crippen molar-refractivity contribution < 1.29 is 4.42 Å². The molecule has 3 nitrogen and oxygen atoms in total. The van der Waals surface area contributed by atoms with Gasteiger partial charge in [-0.15, -0.1) is 0 Å². The minimum atomic E-state index is 0.689. The lowest BCUT2D eigenvalue weighted by atomic mass is 10.2. The molecule has 1 N–H and O–H groups in total. The van der Waals surface area contributed by atoms with E-state index >= 15 is 0 Å². The highest BCUT2D eigenvalue weighted by Crippen LogP contribution is 2.15. The number of furan rings is 1. The van der Waals surface area contributed by atoms with Gasteiger partial charge in [-0.1, -0.05) is 0 Å². The molecule has 0 amide bonds. The molecule has 16 heavy (non-hydrogen) atoms. The second-order valence-electron chi connectivity index (χ2n) is 3.64. The van der Waals surface area contributed by atoms with E-state index in [4.69, 9.17) is 4.42 Å². The second kappa shape index (κ2) is 4.86. The summed E-state index contributed by atoms with van der Waals surface area (Å²) in [7, 11) is 0. The van der Waals surface area contributed by atoms with E-state index in [1.54, 1.807) is 0 Å². The third kappa shape index (κ3) is 2.75. The first kappa shape index (κ1) is 11.4. The van der Waals surface area contributed by atoms with Crippen molar-refractivity contribution in [2.24, 2.45) is 0 Å². The van der Waals surface area contributed by atoms with Crippen LogP contribution in [0.2, 0.25) is 0 Å². The van der Waals surface area contributed by atoms with Crippen molar-refractivity contribution in [2.45, 2.75) is 20.4 Å². The molecule has 0 unspecified atom stereocenters. The van der Waals surface area contributed by atoms with Crippen molar-refractivity contribution >= 4 is 28.3 Å². The lowest BCUT2D eigenvalue weighted by Crippen LogP contribution is -2.01. The standard InChI is InChI=1S/C12H13IN2O/c1-8-3-5-11(9(2)15-8)14-7-10-4-6-12(13)16-10/h3-6,14H,7H2,1-2H3. The van der Waals surface area contributed by atoms with Crippen molar-refractivity contribution in [3.63, 3.8) is 0 Å². The Hall–Kier alpha value is -1.04. The fourth-order valence-corrected chi connectivity index (χ4v) is 1.97. The monoisotopic (exact) mass is 328 g/mol. The molecule has 0 aliphatic carbocycles. The van der Waals surface area contributed by atoms with E-state index < -0.39 is 0 Å². The van der Waals surface area contributed by atoms with Gasteiger partial charge in [0.05, 0.1) is 17.9 Å². The highest BCUT2D eigenvalue weighted by molar-refractivity contribution is 14.1. The van der Waals surface area contributed by atoms with Gasteiger partial charge >= 0.3 is 0 Å². The fraction of sp³-hybridized carbons (Fsp3) is 0.250. The zero-order chi connectivity index (χ0) is 11.5. The lowest BCUT2D eigenvalue weighted by Gasteiger charge is -2.07. The van der Waals surface area contributed by atoms with Crippen LogP contribution in [0.3, 0.4) is 0 Å². The molecular formula is C12H13IN2O. The van der Waals surface area contributed by atoms with E-state index in [2.05, 4.69) is 32.9 Å². The molecular weight excluding hydrogens is 315 g/mol. The Kier molecular flexibility index (Phi) is 3.48. The fourth-order valence-electron chi connectivity index (χ4n) is 1.50. The second-order valence-corrected chi connectivity index (χ2v) is 4.71. The van der Waals surface area contributed by atoms with Gasteiger partial charge in [-0.05, 0) is 60.7 Å². The van der Waals surface area contributed by atoms with Crippen LogP contribution in [-0.4, -0.2) is 4.98 Å². The van der Waals surface area contributed by atoms with E-state index in [0.717, 1.165) is 26.6 Å². The summed E-state index contributed by atoms with van der Waals surface area (Å²) in [5.74, 6) is 0.935. The Balaban J connectivity index is 2.04. The predicted molar refractivity (Wildman–Crippen MR) is 72.5 cm³/mol. The lowest BCUT2D eigenvalue weighted by molar-refractivity contribution is 0.493. The number of halogens is 1. The molecule has 0 fully saturated rings. The summed E-state index contributed by atoms with van der Waals surface area (Å²) in [4.78, 5) is 4.40. The summed E-state index contributed by atoms with van der Waals surface area (Å²) in [6, 6.07) is 7.98. The first-order chi connectivity index (χ1) is 7.65. The van der Waals surface area contributed by atoms with Crippen molar-refractivity contribution in [1.82, 2.24) is 4.98 Å². The van der Waals surface area contributed by atoms with Crippen molar-refractivity contribution in [3.8, 4) is 0 Å². The number of rotatable bonds is 3. The summed E-state index contributed by atoms with van der Waals surface area (Å²) in [6.45, 7) is 4.68. The SMILES string of the molecule is Cc1ccc(NCc2ccc(I)o2)c(C)n1. The number of hydrogen-bond donors (Lipinski definition) is 1. The maximum absolute atomic E-state index is 5.47. The number of nitrogens with zero attached hydrogens (tertiary/aromatic N) is 1. The Bertz CT molecular complexity index is 494. The number of nitrogens with one attached hydrogen (secondary N) is 1. The zero-order valence-electron chi connectivity index (χ0n) is 9.25. The highest BCUT2D eigenvalue weighted by Gasteiger charge is 2.02. The molecule has 2 aromatic rings. The van der Waals surface area contributed by atoms with Crippen molar-refractivity contribution in [3.05, 3.63) is 45.2 Å². The average Bonchev–Trinajstić information content (AvgIpc) is 2.63. The molecule has 0 saturated carbocycles. The molecule has 0 spiro atoms. The van der Waals surface area contributed by atoms with E-state index in [-0.39, 0.29) is 0 Å². The maximum atomic E-state index is 5.47. The topological polar surface area (TPSA) is 38.1 Å². The quantitative estimate of drug-likeness (QED) is 0.877. The normalized spacial score (nSPS) is 10.4.